The number of carbonyl (C=O) groups excluding carboxylic acids is 3. The molecule has 0 bridgehead atoms. The molecule has 4 rings (SSSR count). The van der Waals surface area contributed by atoms with Crippen LogP contribution in [0.1, 0.15) is 49.3 Å². The molecule has 0 N–H and O–H groups in total. The zero-order chi connectivity index (χ0) is 16.8. The van der Waals surface area contributed by atoms with Crippen LogP contribution in [0.4, 0.5) is 0 Å². The van der Waals surface area contributed by atoms with Gasteiger partial charge < -0.3 is 4.42 Å². The summed E-state index contributed by atoms with van der Waals surface area (Å²) < 4.78 is 5.70. The Balaban J connectivity index is 2.07. The van der Waals surface area contributed by atoms with Crippen LogP contribution in [0.2, 0.25) is 0 Å². The van der Waals surface area contributed by atoms with Gasteiger partial charge in [0.25, 0.3) is 0 Å². The zero-order valence-corrected chi connectivity index (χ0v) is 12.8. The smallest absolute Gasteiger partial charge is 0.198 e. The Morgan fingerprint density at radius 3 is 1.92 bits per heavy atom. The second-order valence-corrected chi connectivity index (χ2v) is 5.64. The van der Waals surface area contributed by atoms with Crippen LogP contribution >= 0.6 is 0 Å². The molecule has 1 aliphatic carbocycles. The number of Topliss-reactive ketones (excluding diaryl/α,β-unsaturated/α-hetero) is 1. The lowest BCUT2D eigenvalue weighted by molar-refractivity contribution is 0.0960. The standard InChI is InChI=1S/C20H12O4/c1-11(21)19-15-16(20(24-19)12-7-3-2-4-8-12)18(23)14-10-6-5-9-13(14)17(15)22/h2-10H,1H3. The SMILES string of the molecule is CC(=O)c1oc(-c2ccccc2)c2c1C(=O)c1ccccc1C2=O. The fourth-order valence-corrected chi connectivity index (χ4v) is 3.05. The summed E-state index contributed by atoms with van der Waals surface area (Å²) in [5.41, 5.74) is 1.54. The van der Waals surface area contributed by atoms with Crippen LogP contribution in [0.25, 0.3) is 11.3 Å². The van der Waals surface area contributed by atoms with E-state index in [0.717, 1.165) is 0 Å². The van der Waals surface area contributed by atoms with E-state index in [2.05, 4.69) is 0 Å². The fourth-order valence-electron chi connectivity index (χ4n) is 3.05. The van der Waals surface area contributed by atoms with Crippen molar-refractivity contribution in [1.82, 2.24) is 0 Å². The summed E-state index contributed by atoms with van der Waals surface area (Å²) in [5, 5.41) is 0. The zero-order valence-electron chi connectivity index (χ0n) is 12.8. The van der Waals surface area contributed by atoms with Crippen molar-refractivity contribution >= 4 is 17.3 Å². The van der Waals surface area contributed by atoms with Crippen LogP contribution in [0, 0.1) is 0 Å². The van der Waals surface area contributed by atoms with E-state index in [1.165, 1.54) is 6.92 Å². The van der Waals surface area contributed by atoms with Gasteiger partial charge >= 0.3 is 0 Å². The quantitative estimate of drug-likeness (QED) is 0.526. The van der Waals surface area contributed by atoms with Gasteiger partial charge in [-0.3, -0.25) is 14.4 Å². The van der Waals surface area contributed by atoms with Gasteiger partial charge in [0.05, 0.1) is 11.1 Å². The van der Waals surface area contributed by atoms with Crippen LogP contribution in [0.5, 0.6) is 0 Å². The first kappa shape index (κ1) is 14.3. The van der Waals surface area contributed by atoms with Gasteiger partial charge in [-0.15, -0.1) is 0 Å². The van der Waals surface area contributed by atoms with E-state index in [1.54, 1.807) is 48.5 Å². The van der Waals surface area contributed by atoms with Gasteiger partial charge in [-0.05, 0) is 0 Å². The molecule has 0 aliphatic heterocycles. The molecular weight excluding hydrogens is 304 g/mol. The molecule has 1 aliphatic rings. The number of carbonyl (C=O) groups is 3. The van der Waals surface area contributed by atoms with E-state index in [0.29, 0.717) is 16.7 Å². The first-order valence-electron chi connectivity index (χ1n) is 7.51. The molecule has 0 saturated heterocycles. The van der Waals surface area contributed by atoms with Gasteiger partial charge in [0.15, 0.2) is 23.1 Å². The molecular formula is C20H12O4. The molecule has 0 spiro atoms. The van der Waals surface area contributed by atoms with Crippen molar-refractivity contribution in [3.05, 3.63) is 82.6 Å². The van der Waals surface area contributed by atoms with Crippen LogP contribution in [0.15, 0.2) is 59.0 Å². The minimum atomic E-state index is -0.381. The number of rotatable bonds is 2. The van der Waals surface area contributed by atoms with E-state index < -0.39 is 0 Å². The average molecular weight is 316 g/mol. The molecule has 2 aromatic carbocycles. The number of fused-ring (bicyclic) bond motifs is 2. The van der Waals surface area contributed by atoms with Gasteiger partial charge in [-0.2, -0.15) is 0 Å². The van der Waals surface area contributed by atoms with Gasteiger partial charge in [0.1, 0.15) is 5.76 Å². The number of furan rings is 1. The number of hydrogen-bond acceptors (Lipinski definition) is 4. The molecule has 0 saturated carbocycles. The molecule has 0 unspecified atom stereocenters. The van der Waals surface area contributed by atoms with Gasteiger partial charge in [0, 0.05) is 23.6 Å². The molecule has 0 atom stereocenters. The molecule has 0 amide bonds. The van der Waals surface area contributed by atoms with Crippen molar-refractivity contribution in [2.75, 3.05) is 0 Å². The first-order chi connectivity index (χ1) is 11.6. The molecule has 4 nitrogen and oxygen atoms in total. The monoisotopic (exact) mass is 316 g/mol. The highest BCUT2D eigenvalue weighted by Gasteiger charge is 2.38. The Morgan fingerprint density at radius 2 is 1.33 bits per heavy atom. The topological polar surface area (TPSA) is 64.3 Å². The van der Waals surface area contributed by atoms with Gasteiger partial charge in [-0.25, -0.2) is 0 Å². The third kappa shape index (κ3) is 1.90. The molecule has 4 heteroatoms. The molecule has 1 aromatic heterocycles. The normalized spacial score (nSPS) is 12.7. The Hall–Kier alpha value is -3.27. The van der Waals surface area contributed by atoms with Crippen molar-refractivity contribution in [3.63, 3.8) is 0 Å². The lowest BCUT2D eigenvalue weighted by Crippen LogP contribution is -2.21. The van der Waals surface area contributed by atoms with Crippen LogP contribution in [-0.4, -0.2) is 17.3 Å². The van der Waals surface area contributed by atoms with E-state index in [9.17, 15) is 14.4 Å². The van der Waals surface area contributed by atoms with Crippen molar-refractivity contribution < 1.29 is 18.8 Å². The number of benzene rings is 2. The average Bonchev–Trinajstić information content (AvgIpc) is 3.02. The van der Waals surface area contributed by atoms with Crippen molar-refractivity contribution in [3.8, 4) is 11.3 Å². The molecule has 116 valence electrons. The summed E-state index contributed by atoms with van der Waals surface area (Å²) in [6.07, 6.45) is 0. The predicted octanol–water partition coefficient (Wildman–Crippen LogP) is 3.92. The summed E-state index contributed by atoms with van der Waals surface area (Å²) in [7, 11) is 0. The molecule has 1 heterocycles. The Bertz CT molecular complexity index is 1010. The summed E-state index contributed by atoms with van der Waals surface area (Å²) in [6.45, 7) is 1.33. The second kappa shape index (κ2) is 5.13. The predicted molar refractivity (Wildman–Crippen MR) is 87.5 cm³/mol. The van der Waals surface area contributed by atoms with Crippen LogP contribution in [0.3, 0.4) is 0 Å². The van der Waals surface area contributed by atoms with E-state index in [1.807, 2.05) is 6.07 Å². The summed E-state index contributed by atoms with van der Waals surface area (Å²) in [4.78, 5) is 37.8. The van der Waals surface area contributed by atoms with Gasteiger partial charge in [0.2, 0.25) is 0 Å². The van der Waals surface area contributed by atoms with Crippen molar-refractivity contribution in [1.29, 1.82) is 0 Å². The minimum Gasteiger partial charge on any atom is -0.451 e. The van der Waals surface area contributed by atoms with E-state index >= 15 is 0 Å². The molecule has 0 radical (unpaired) electrons. The Morgan fingerprint density at radius 1 is 0.792 bits per heavy atom. The summed E-state index contributed by atoms with van der Waals surface area (Å²) in [6, 6.07) is 15.6. The third-order valence-electron chi connectivity index (χ3n) is 4.13. The maximum atomic E-state index is 13.0. The Kier molecular flexibility index (Phi) is 3.06. The highest BCUT2D eigenvalue weighted by atomic mass is 16.4. The maximum Gasteiger partial charge on any atom is 0.198 e. The fraction of sp³-hybridized carbons (Fsp3) is 0.0500. The van der Waals surface area contributed by atoms with E-state index in [-0.39, 0.29) is 40.0 Å². The summed E-state index contributed by atoms with van der Waals surface area (Å²) >= 11 is 0. The number of ketones is 3. The van der Waals surface area contributed by atoms with Crippen molar-refractivity contribution in [2.24, 2.45) is 0 Å². The highest BCUT2D eigenvalue weighted by molar-refractivity contribution is 6.32. The highest BCUT2D eigenvalue weighted by Crippen LogP contribution is 2.38. The second-order valence-electron chi connectivity index (χ2n) is 5.64. The van der Waals surface area contributed by atoms with Gasteiger partial charge in [-0.1, -0.05) is 54.6 Å². The summed E-state index contributed by atoms with van der Waals surface area (Å²) in [5.74, 6) is -0.819. The maximum absolute atomic E-state index is 13.0. The molecule has 3 aromatic rings. The molecule has 24 heavy (non-hydrogen) atoms. The lowest BCUT2D eigenvalue weighted by Gasteiger charge is -2.14. The Labute approximate surface area is 137 Å². The third-order valence-corrected chi connectivity index (χ3v) is 4.13. The lowest BCUT2D eigenvalue weighted by atomic mass is 9.83. The first-order valence-corrected chi connectivity index (χ1v) is 7.51. The minimum absolute atomic E-state index is 0.0586. The largest absolute Gasteiger partial charge is 0.451 e. The van der Waals surface area contributed by atoms with Crippen LogP contribution < -0.4 is 0 Å². The van der Waals surface area contributed by atoms with E-state index in [4.69, 9.17) is 4.42 Å². The number of hydrogen-bond donors (Lipinski definition) is 0. The van der Waals surface area contributed by atoms with Crippen LogP contribution in [-0.2, 0) is 0 Å². The molecule has 0 fully saturated rings. The van der Waals surface area contributed by atoms with Crippen molar-refractivity contribution in [2.45, 2.75) is 6.92 Å².